The molecule has 0 aromatic heterocycles. The van der Waals surface area contributed by atoms with Gasteiger partial charge in [-0.2, -0.15) is 0 Å². The van der Waals surface area contributed by atoms with Gasteiger partial charge in [-0.3, -0.25) is 0 Å². The summed E-state index contributed by atoms with van der Waals surface area (Å²) >= 11 is 0. The van der Waals surface area contributed by atoms with Crippen molar-refractivity contribution >= 4 is 10.0 Å². The van der Waals surface area contributed by atoms with Crippen LogP contribution in [0.4, 0.5) is 0 Å². The third-order valence-electron chi connectivity index (χ3n) is 4.13. The normalized spacial score (nSPS) is 14.1. The number of aryl methyl sites for hydroxylation is 3. The highest BCUT2D eigenvalue weighted by Gasteiger charge is 2.27. The fraction of sp³-hybridized carbons (Fsp3) is 0.300. The van der Waals surface area contributed by atoms with Gasteiger partial charge in [0.1, 0.15) is 0 Å². The first-order chi connectivity index (χ1) is 11.7. The zero-order chi connectivity index (χ0) is 18.6. The molecule has 0 radical (unpaired) electrons. The van der Waals surface area contributed by atoms with Crippen molar-refractivity contribution in [3.05, 3.63) is 77.4 Å². The van der Waals surface area contributed by atoms with Crippen molar-refractivity contribution in [2.45, 2.75) is 44.2 Å². The van der Waals surface area contributed by atoms with Crippen molar-refractivity contribution < 1.29 is 13.5 Å². The molecule has 0 unspecified atom stereocenters. The molecule has 0 bridgehead atoms. The molecule has 0 amide bonds. The minimum absolute atomic E-state index is 0.271. The number of aliphatic hydroxyl groups excluding tert-OH is 1. The lowest BCUT2D eigenvalue weighted by molar-refractivity contribution is 0.183. The van der Waals surface area contributed by atoms with Crippen molar-refractivity contribution in [1.82, 2.24) is 4.72 Å². The Bertz CT molecular complexity index is 821. The van der Waals surface area contributed by atoms with E-state index in [-0.39, 0.29) is 4.90 Å². The first-order valence-corrected chi connectivity index (χ1v) is 9.67. The van der Waals surface area contributed by atoms with Crippen LogP contribution in [0.5, 0.6) is 0 Å². The monoisotopic (exact) mass is 359 g/mol. The topological polar surface area (TPSA) is 66.4 Å². The number of sulfonamides is 1. The Balaban J connectivity index is 2.36. The second-order valence-corrected chi connectivity index (χ2v) is 8.02. The van der Waals surface area contributed by atoms with Gasteiger partial charge >= 0.3 is 0 Å². The van der Waals surface area contributed by atoms with E-state index in [1.165, 1.54) is 6.08 Å². The number of aliphatic hydroxyl groups is 1. The molecule has 0 fully saturated rings. The smallest absolute Gasteiger partial charge is 0.241 e. The highest BCUT2D eigenvalue weighted by Crippen LogP contribution is 2.22. The Labute approximate surface area is 150 Å². The van der Waals surface area contributed by atoms with Gasteiger partial charge in [0, 0.05) is 0 Å². The van der Waals surface area contributed by atoms with E-state index >= 15 is 0 Å². The fourth-order valence-electron chi connectivity index (χ4n) is 3.11. The number of hydrogen-bond donors (Lipinski definition) is 2. The Kier molecular flexibility index (Phi) is 6.16. The number of hydrogen-bond acceptors (Lipinski definition) is 3. The van der Waals surface area contributed by atoms with Gasteiger partial charge in [0.05, 0.1) is 17.0 Å². The van der Waals surface area contributed by atoms with E-state index in [0.29, 0.717) is 17.5 Å². The maximum Gasteiger partial charge on any atom is 0.241 e. The molecule has 0 saturated carbocycles. The summed E-state index contributed by atoms with van der Waals surface area (Å²) < 4.78 is 28.6. The Morgan fingerprint density at radius 1 is 1.12 bits per heavy atom. The molecule has 0 heterocycles. The average Bonchev–Trinajstić information content (AvgIpc) is 2.52. The highest BCUT2D eigenvalue weighted by molar-refractivity contribution is 7.89. The van der Waals surface area contributed by atoms with Gasteiger partial charge in [0.2, 0.25) is 10.0 Å². The summed E-state index contributed by atoms with van der Waals surface area (Å²) in [6, 6.07) is 12.5. The van der Waals surface area contributed by atoms with E-state index in [4.69, 9.17) is 0 Å². The van der Waals surface area contributed by atoms with Crippen LogP contribution < -0.4 is 4.72 Å². The lowest BCUT2D eigenvalue weighted by atomic mass is 10.0. The van der Waals surface area contributed by atoms with Gasteiger partial charge in [-0.05, 0) is 43.9 Å². The SMILES string of the molecule is C=C[C@@H](O)[C@@H](Cc1ccccc1)NS(=O)(=O)c1c(C)cc(C)cc1C. The molecule has 0 aliphatic heterocycles. The number of rotatable bonds is 7. The highest BCUT2D eigenvalue weighted by atomic mass is 32.2. The molecule has 0 spiro atoms. The van der Waals surface area contributed by atoms with Crippen LogP contribution in [0.3, 0.4) is 0 Å². The molecule has 25 heavy (non-hydrogen) atoms. The third kappa shape index (κ3) is 4.78. The molecule has 134 valence electrons. The second-order valence-electron chi connectivity index (χ2n) is 6.37. The van der Waals surface area contributed by atoms with E-state index in [0.717, 1.165) is 11.1 Å². The molecule has 2 rings (SSSR count). The molecule has 4 nitrogen and oxygen atoms in total. The first-order valence-electron chi connectivity index (χ1n) is 8.19. The largest absolute Gasteiger partial charge is 0.387 e. The van der Waals surface area contributed by atoms with E-state index in [9.17, 15) is 13.5 Å². The summed E-state index contributed by atoms with van der Waals surface area (Å²) in [5, 5.41) is 10.2. The molecule has 0 saturated heterocycles. The molecule has 2 N–H and O–H groups in total. The van der Waals surface area contributed by atoms with Crippen LogP contribution in [0.2, 0.25) is 0 Å². The van der Waals surface area contributed by atoms with Gasteiger partial charge < -0.3 is 5.11 Å². The van der Waals surface area contributed by atoms with E-state index in [1.807, 2.05) is 49.4 Å². The lowest BCUT2D eigenvalue weighted by Gasteiger charge is -2.23. The van der Waals surface area contributed by atoms with Crippen LogP contribution in [-0.4, -0.2) is 25.7 Å². The lowest BCUT2D eigenvalue weighted by Crippen LogP contribution is -2.44. The minimum Gasteiger partial charge on any atom is -0.387 e. The van der Waals surface area contributed by atoms with Crippen LogP contribution in [-0.2, 0) is 16.4 Å². The Morgan fingerprint density at radius 2 is 1.68 bits per heavy atom. The van der Waals surface area contributed by atoms with Gasteiger partial charge in [-0.1, -0.05) is 54.1 Å². The van der Waals surface area contributed by atoms with E-state index in [1.54, 1.807) is 13.8 Å². The zero-order valence-corrected chi connectivity index (χ0v) is 15.7. The van der Waals surface area contributed by atoms with Crippen LogP contribution in [0.25, 0.3) is 0 Å². The standard InChI is InChI=1S/C20H25NO3S/c1-5-19(22)18(13-17-9-7-6-8-10-17)21-25(23,24)20-15(3)11-14(2)12-16(20)4/h5-12,18-19,21-22H,1,13H2,2-4H3/t18-,19-/m1/s1. The fourth-order valence-corrected chi connectivity index (χ4v) is 4.82. The molecule has 0 aliphatic rings. The van der Waals surface area contributed by atoms with Crippen LogP contribution >= 0.6 is 0 Å². The van der Waals surface area contributed by atoms with E-state index < -0.39 is 22.2 Å². The van der Waals surface area contributed by atoms with Crippen molar-refractivity contribution in [2.75, 3.05) is 0 Å². The van der Waals surface area contributed by atoms with E-state index in [2.05, 4.69) is 11.3 Å². The molecule has 2 atom stereocenters. The molecule has 5 heteroatoms. The quantitative estimate of drug-likeness (QED) is 0.747. The molecular formula is C20H25NO3S. The Morgan fingerprint density at radius 3 is 2.20 bits per heavy atom. The summed E-state index contributed by atoms with van der Waals surface area (Å²) in [7, 11) is -3.77. The van der Waals surface area contributed by atoms with Crippen molar-refractivity contribution in [3.8, 4) is 0 Å². The maximum atomic E-state index is 12.9. The average molecular weight is 359 g/mol. The predicted octanol–water partition coefficient (Wildman–Crippen LogP) is 3.05. The Hall–Kier alpha value is -1.95. The maximum absolute atomic E-state index is 12.9. The van der Waals surface area contributed by atoms with Crippen molar-refractivity contribution in [3.63, 3.8) is 0 Å². The van der Waals surface area contributed by atoms with Gasteiger partial charge in [-0.15, -0.1) is 6.58 Å². The number of nitrogens with one attached hydrogen (secondary N) is 1. The summed E-state index contributed by atoms with van der Waals surface area (Å²) in [6.07, 6.45) is 0.739. The minimum atomic E-state index is -3.77. The zero-order valence-electron chi connectivity index (χ0n) is 14.9. The van der Waals surface area contributed by atoms with Crippen molar-refractivity contribution in [1.29, 1.82) is 0 Å². The second kappa shape index (κ2) is 7.95. The molecule has 2 aromatic carbocycles. The summed E-state index contributed by atoms with van der Waals surface area (Å²) in [4.78, 5) is 0.271. The predicted molar refractivity (Wildman–Crippen MR) is 101 cm³/mol. The van der Waals surface area contributed by atoms with Crippen LogP contribution in [0.15, 0.2) is 60.0 Å². The summed E-state index contributed by atoms with van der Waals surface area (Å²) in [5.74, 6) is 0. The van der Waals surface area contributed by atoms with Gasteiger partial charge in [-0.25, -0.2) is 13.1 Å². The molecule has 2 aromatic rings. The summed E-state index contributed by atoms with van der Waals surface area (Å²) in [5.41, 5.74) is 3.34. The first kappa shape index (κ1) is 19.4. The van der Waals surface area contributed by atoms with Crippen LogP contribution in [0, 0.1) is 20.8 Å². The van der Waals surface area contributed by atoms with Crippen molar-refractivity contribution in [2.24, 2.45) is 0 Å². The third-order valence-corrected chi connectivity index (χ3v) is 5.93. The van der Waals surface area contributed by atoms with Crippen LogP contribution in [0.1, 0.15) is 22.3 Å². The van der Waals surface area contributed by atoms with Gasteiger partial charge in [0.25, 0.3) is 0 Å². The number of benzene rings is 2. The summed E-state index contributed by atoms with van der Waals surface area (Å²) in [6.45, 7) is 9.09. The molecular weight excluding hydrogens is 334 g/mol. The molecule has 0 aliphatic carbocycles. The van der Waals surface area contributed by atoms with Gasteiger partial charge in [0.15, 0.2) is 0 Å².